The lowest BCUT2D eigenvalue weighted by Gasteiger charge is -2.42. The summed E-state index contributed by atoms with van der Waals surface area (Å²) >= 11 is 0. The van der Waals surface area contributed by atoms with E-state index >= 15 is 0 Å². The van der Waals surface area contributed by atoms with Crippen molar-refractivity contribution in [3.8, 4) is 5.82 Å². The quantitative estimate of drug-likeness (QED) is 0.586. The van der Waals surface area contributed by atoms with Crippen LogP contribution < -0.4 is 0 Å². The van der Waals surface area contributed by atoms with Gasteiger partial charge in [-0.1, -0.05) is 30.3 Å². The molecule has 2 fully saturated rings. The molecule has 0 bridgehead atoms. The number of benzene rings is 1. The first-order valence-corrected chi connectivity index (χ1v) is 11.8. The first kappa shape index (κ1) is 22.3. The summed E-state index contributed by atoms with van der Waals surface area (Å²) in [6, 6.07) is 15.7. The number of rotatable bonds is 5. The molecule has 3 aromatic rings. The topological polar surface area (TPSA) is 80.6 Å². The smallest absolute Gasteiger partial charge is 0.255 e. The van der Waals surface area contributed by atoms with E-state index in [1.165, 1.54) is 5.56 Å². The monoisotopic (exact) mass is 459 g/mol. The standard InChI is InChI=1S/C26H29N5O3/c32-24-19-34-26(20-30(24)16-10-21-6-2-1-3-7-21)11-4-14-29(17-12-26)25(33)22-8-9-23(27-18-22)31-15-5-13-28-31/h1-3,5-9,13,15,18H,4,10-12,14,16-17,19-20H2/t26-/m1/s1. The minimum Gasteiger partial charge on any atom is -0.363 e. The first-order chi connectivity index (χ1) is 16.6. The Bertz CT molecular complexity index is 1120. The summed E-state index contributed by atoms with van der Waals surface area (Å²) in [5.41, 5.74) is 1.40. The van der Waals surface area contributed by atoms with Crippen molar-refractivity contribution in [2.24, 2.45) is 0 Å². The van der Waals surface area contributed by atoms with Gasteiger partial charge in [-0.2, -0.15) is 5.10 Å². The summed E-state index contributed by atoms with van der Waals surface area (Å²) in [5, 5.41) is 4.17. The largest absolute Gasteiger partial charge is 0.363 e. The Hall–Kier alpha value is -3.52. The Labute approximate surface area is 199 Å². The average molecular weight is 460 g/mol. The normalized spacial score (nSPS) is 21.0. The summed E-state index contributed by atoms with van der Waals surface area (Å²) in [6.45, 7) is 2.65. The second kappa shape index (κ2) is 9.77. The lowest BCUT2D eigenvalue weighted by atomic mass is 9.92. The lowest BCUT2D eigenvalue weighted by Crippen LogP contribution is -2.55. The zero-order valence-electron chi connectivity index (χ0n) is 19.2. The molecule has 2 saturated heterocycles. The SMILES string of the molecule is O=C1CO[C@@]2(CCCN(C(=O)c3ccc(-n4cccn4)nc3)CC2)CN1CCc1ccccc1. The van der Waals surface area contributed by atoms with Gasteiger partial charge < -0.3 is 14.5 Å². The van der Waals surface area contributed by atoms with E-state index in [4.69, 9.17) is 4.74 Å². The third-order valence-electron chi connectivity index (χ3n) is 6.77. The van der Waals surface area contributed by atoms with Gasteiger partial charge >= 0.3 is 0 Å². The van der Waals surface area contributed by atoms with Crippen LogP contribution in [0.3, 0.4) is 0 Å². The van der Waals surface area contributed by atoms with Crippen molar-refractivity contribution in [1.29, 1.82) is 0 Å². The molecular formula is C26H29N5O3. The summed E-state index contributed by atoms with van der Waals surface area (Å²) in [6.07, 6.45) is 8.34. The van der Waals surface area contributed by atoms with Crippen LogP contribution >= 0.6 is 0 Å². The Balaban J connectivity index is 1.21. The van der Waals surface area contributed by atoms with Crippen LogP contribution in [-0.2, 0) is 16.0 Å². The second-order valence-electron chi connectivity index (χ2n) is 9.02. The predicted octanol–water partition coefficient (Wildman–Crippen LogP) is 2.73. The molecule has 1 atom stereocenters. The molecule has 8 heteroatoms. The minimum atomic E-state index is -0.387. The number of likely N-dealkylation sites (tertiary alicyclic amines) is 1. The molecule has 5 rings (SSSR count). The second-order valence-corrected chi connectivity index (χ2v) is 9.02. The number of carbonyl (C=O) groups excluding carboxylic acids is 2. The first-order valence-electron chi connectivity index (χ1n) is 11.8. The maximum atomic E-state index is 13.2. The van der Waals surface area contributed by atoms with Gasteiger partial charge in [-0.15, -0.1) is 0 Å². The molecular weight excluding hydrogens is 430 g/mol. The lowest BCUT2D eigenvalue weighted by molar-refractivity contribution is -0.165. The number of morpholine rings is 1. The summed E-state index contributed by atoms with van der Waals surface area (Å²) in [4.78, 5) is 33.9. The van der Waals surface area contributed by atoms with E-state index in [1.54, 1.807) is 29.2 Å². The van der Waals surface area contributed by atoms with Crippen molar-refractivity contribution in [1.82, 2.24) is 24.6 Å². The highest BCUT2D eigenvalue weighted by atomic mass is 16.5. The number of ether oxygens (including phenoxy) is 1. The molecule has 0 saturated carbocycles. The van der Waals surface area contributed by atoms with Gasteiger partial charge in [0.2, 0.25) is 5.91 Å². The fourth-order valence-electron chi connectivity index (χ4n) is 4.81. The number of carbonyl (C=O) groups is 2. The molecule has 2 amide bonds. The van der Waals surface area contributed by atoms with Crippen LogP contribution in [0, 0.1) is 0 Å². The number of hydrogen-bond donors (Lipinski definition) is 0. The van der Waals surface area contributed by atoms with E-state index < -0.39 is 0 Å². The van der Waals surface area contributed by atoms with Crippen molar-refractivity contribution in [2.45, 2.75) is 31.3 Å². The van der Waals surface area contributed by atoms with Gasteiger partial charge in [0, 0.05) is 44.8 Å². The molecule has 0 N–H and O–H groups in total. The van der Waals surface area contributed by atoms with Crippen LogP contribution in [0.2, 0.25) is 0 Å². The number of pyridine rings is 1. The van der Waals surface area contributed by atoms with Crippen LogP contribution in [0.15, 0.2) is 67.1 Å². The molecule has 176 valence electrons. The van der Waals surface area contributed by atoms with Gasteiger partial charge in [0.15, 0.2) is 5.82 Å². The number of hydrogen-bond acceptors (Lipinski definition) is 5. The van der Waals surface area contributed by atoms with Gasteiger partial charge in [-0.25, -0.2) is 9.67 Å². The highest BCUT2D eigenvalue weighted by molar-refractivity contribution is 5.94. The van der Waals surface area contributed by atoms with E-state index in [-0.39, 0.29) is 24.0 Å². The minimum absolute atomic E-state index is 0.0237. The van der Waals surface area contributed by atoms with E-state index in [1.807, 2.05) is 40.3 Å². The summed E-state index contributed by atoms with van der Waals surface area (Å²) < 4.78 is 7.78. The molecule has 1 spiro atoms. The van der Waals surface area contributed by atoms with Gasteiger partial charge in [-0.05, 0) is 49.4 Å². The Morgan fingerprint density at radius 1 is 1.06 bits per heavy atom. The number of nitrogens with zero attached hydrogens (tertiary/aromatic N) is 5. The Morgan fingerprint density at radius 3 is 2.71 bits per heavy atom. The van der Waals surface area contributed by atoms with Gasteiger partial charge in [0.1, 0.15) is 6.61 Å². The van der Waals surface area contributed by atoms with Crippen LogP contribution in [0.5, 0.6) is 0 Å². The van der Waals surface area contributed by atoms with Gasteiger partial charge in [0.25, 0.3) is 5.91 Å². The maximum absolute atomic E-state index is 13.2. The highest BCUT2D eigenvalue weighted by Crippen LogP contribution is 2.31. The Morgan fingerprint density at radius 2 is 1.94 bits per heavy atom. The van der Waals surface area contributed by atoms with Crippen molar-refractivity contribution in [3.05, 3.63) is 78.2 Å². The van der Waals surface area contributed by atoms with Gasteiger partial charge in [0.05, 0.1) is 11.2 Å². The van der Waals surface area contributed by atoms with Crippen LogP contribution in [0.25, 0.3) is 5.82 Å². The van der Waals surface area contributed by atoms with Crippen LogP contribution in [0.4, 0.5) is 0 Å². The van der Waals surface area contributed by atoms with Crippen molar-refractivity contribution < 1.29 is 14.3 Å². The molecule has 1 aromatic carbocycles. The third kappa shape index (κ3) is 4.87. The van der Waals surface area contributed by atoms with E-state index in [0.717, 1.165) is 19.3 Å². The molecule has 2 aromatic heterocycles. The fraction of sp³-hybridized carbons (Fsp3) is 0.385. The molecule has 34 heavy (non-hydrogen) atoms. The van der Waals surface area contributed by atoms with Crippen molar-refractivity contribution >= 4 is 11.8 Å². The molecule has 2 aliphatic rings. The predicted molar refractivity (Wildman–Crippen MR) is 127 cm³/mol. The molecule has 4 heterocycles. The van der Waals surface area contributed by atoms with E-state index in [9.17, 15) is 9.59 Å². The van der Waals surface area contributed by atoms with E-state index in [2.05, 4.69) is 22.2 Å². The highest BCUT2D eigenvalue weighted by Gasteiger charge is 2.41. The molecule has 0 unspecified atom stereocenters. The zero-order chi connectivity index (χ0) is 23.4. The fourth-order valence-corrected chi connectivity index (χ4v) is 4.81. The molecule has 2 aliphatic heterocycles. The number of amides is 2. The van der Waals surface area contributed by atoms with Gasteiger partial charge in [-0.3, -0.25) is 9.59 Å². The van der Waals surface area contributed by atoms with E-state index in [0.29, 0.717) is 44.0 Å². The molecule has 8 nitrogen and oxygen atoms in total. The summed E-state index contributed by atoms with van der Waals surface area (Å²) in [7, 11) is 0. The van der Waals surface area contributed by atoms with Crippen molar-refractivity contribution in [2.75, 3.05) is 32.8 Å². The van der Waals surface area contributed by atoms with Crippen molar-refractivity contribution in [3.63, 3.8) is 0 Å². The Kier molecular flexibility index (Phi) is 6.40. The third-order valence-corrected chi connectivity index (χ3v) is 6.77. The number of aromatic nitrogens is 3. The molecule has 0 aliphatic carbocycles. The zero-order valence-corrected chi connectivity index (χ0v) is 19.2. The summed E-state index contributed by atoms with van der Waals surface area (Å²) in [5.74, 6) is 0.693. The molecule has 0 radical (unpaired) electrons. The van der Waals surface area contributed by atoms with Crippen LogP contribution in [0.1, 0.15) is 35.2 Å². The average Bonchev–Trinajstić information content (AvgIpc) is 3.34. The maximum Gasteiger partial charge on any atom is 0.255 e. The van der Waals surface area contributed by atoms with Crippen LogP contribution in [-0.4, -0.2) is 74.8 Å².